The zero-order valence-corrected chi connectivity index (χ0v) is 10.2. The molecule has 2 N–H and O–H groups in total. The van der Waals surface area contributed by atoms with Crippen LogP contribution < -0.4 is 15.2 Å². The number of hydrogen-bond donors (Lipinski definition) is 1. The summed E-state index contributed by atoms with van der Waals surface area (Å²) in [5, 5.41) is 0. The van der Waals surface area contributed by atoms with E-state index in [4.69, 9.17) is 19.9 Å². The average Bonchev–Trinajstić information content (AvgIpc) is 2.32. The standard InChI is InChI=1S/C12H18N2O3/c1-15-11-3-4-14-10(12(11)16-2)7-17-9-5-8(13)6-9/h3-4,8-9H,5-7,13H2,1-2H3. The highest BCUT2D eigenvalue weighted by Gasteiger charge is 2.27. The molecule has 5 nitrogen and oxygen atoms in total. The van der Waals surface area contributed by atoms with Gasteiger partial charge in [-0.3, -0.25) is 4.98 Å². The predicted octanol–water partition coefficient (Wildman–Crippen LogP) is 1.11. The maximum atomic E-state index is 5.70. The van der Waals surface area contributed by atoms with E-state index in [0.717, 1.165) is 18.5 Å². The van der Waals surface area contributed by atoms with Gasteiger partial charge in [-0.2, -0.15) is 0 Å². The van der Waals surface area contributed by atoms with Crippen LogP contribution in [0.3, 0.4) is 0 Å². The number of rotatable bonds is 5. The van der Waals surface area contributed by atoms with Crippen molar-refractivity contribution in [2.24, 2.45) is 5.73 Å². The van der Waals surface area contributed by atoms with Crippen LogP contribution in [0.2, 0.25) is 0 Å². The van der Waals surface area contributed by atoms with Gasteiger partial charge < -0.3 is 19.9 Å². The van der Waals surface area contributed by atoms with Gasteiger partial charge in [-0.15, -0.1) is 0 Å². The van der Waals surface area contributed by atoms with Crippen molar-refractivity contribution in [3.8, 4) is 11.5 Å². The van der Waals surface area contributed by atoms with Crippen molar-refractivity contribution in [3.63, 3.8) is 0 Å². The lowest BCUT2D eigenvalue weighted by molar-refractivity contribution is -0.0209. The summed E-state index contributed by atoms with van der Waals surface area (Å²) in [5.74, 6) is 1.31. The summed E-state index contributed by atoms with van der Waals surface area (Å²) < 4.78 is 16.2. The molecule has 0 amide bonds. The van der Waals surface area contributed by atoms with Crippen LogP contribution >= 0.6 is 0 Å². The average molecular weight is 238 g/mol. The largest absolute Gasteiger partial charge is 0.493 e. The molecule has 0 bridgehead atoms. The number of pyridine rings is 1. The van der Waals surface area contributed by atoms with Crippen LogP contribution in [0.4, 0.5) is 0 Å². The fourth-order valence-corrected chi connectivity index (χ4v) is 1.89. The second-order valence-corrected chi connectivity index (χ2v) is 4.16. The predicted molar refractivity (Wildman–Crippen MR) is 63.1 cm³/mol. The molecule has 1 heterocycles. The van der Waals surface area contributed by atoms with E-state index in [9.17, 15) is 0 Å². The van der Waals surface area contributed by atoms with Gasteiger partial charge in [0.05, 0.1) is 26.9 Å². The summed E-state index contributed by atoms with van der Waals surface area (Å²) in [7, 11) is 3.20. The number of nitrogens with zero attached hydrogens (tertiary/aromatic N) is 1. The lowest BCUT2D eigenvalue weighted by Crippen LogP contribution is -2.41. The maximum absolute atomic E-state index is 5.70. The van der Waals surface area contributed by atoms with Crippen molar-refractivity contribution in [2.75, 3.05) is 14.2 Å². The summed E-state index contributed by atoms with van der Waals surface area (Å²) >= 11 is 0. The fraction of sp³-hybridized carbons (Fsp3) is 0.583. The highest BCUT2D eigenvalue weighted by Crippen LogP contribution is 2.30. The first-order valence-electron chi connectivity index (χ1n) is 5.67. The van der Waals surface area contributed by atoms with Crippen LogP contribution in [-0.2, 0) is 11.3 Å². The Bertz CT molecular complexity index is 378. The molecule has 2 rings (SSSR count). The number of hydrogen-bond acceptors (Lipinski definition) is 5. The van der Waals surface area contributed by atoms with Gasteiger partial charge in [0.2, 0.25) is 0 Å². The number of ether oxygens (including phenoxy) is 3. The van der Waals surface area contributed by atoms with Gasteiger partial charge in [0.15, 0.2) is 11.5 Å². The van der Waals surface area contributed by atoms with Crippen molar-refractivity contribution < 1.29 is 14.2 Å². The highest BCUT2D eigenvalue weighted by molar-refractivity contribution is 5.42. The van der Waals surface area contributed by atoms with Gasteiger partial charge in [-0.1, -0.05) is 0 Å². The lowest BCUT2D eigenvalue weighted by Gasteiger charge is -2.32. The smallest absolute Gasteiger partial charge is 0.184 e. The van der Waals surface area contributed by atoms with Crippen molar-refractivity contribution in [1.29, 1.82) is 0 Å². The van der Waals surface area contributed by atoms with E-state index in [-0.39, 0.29) is 6.10 Å². The molecule has 17 heavy (non-hydrogen) atoms. The second kappa shape index (κ2) is 5.33. The third-order valence-corrected chi connectivity index (χ3v) is 2.95. The molecular formula is C12H18N2O3. The number of nitrogens with two attached hydrogens (primary N) is 1. The Morgan fingerprint density at radius 2 is 2.12 bits per heavy atom. The zero-order chi connectivity index (χ0) is 12.3. The first kappa shape index (κ1) is 12.1. The Morgan fingerprint density at radius 3 is 2.71 bits per heavy atom. The van der Waals surface area contributed by atoms with Gasteiger partial charge in [0, 0.05) is 18.3 Å². The van der Waals surface area contributed by atoms with Gasteiger partial charge in [-0.05, 0) is 12.8 Å². The Labute approximate surface area is 101 Å². The van der Waals surface area contributed by atoms with Crippen molar-refractivity contribution in [3.05, 3.63) is 18.0 Å². The molecule has 1 aromatic rings. The summed E-state index contributed by atoms with van der Waals surface area (Å²) in [5.41, 5.74) is 6.46. The van der Waals surface area contributed by atoms with Crippen molar-refractivity contribution >= 4 is 0 Å². The third-order valence-electron chi connectivity index (χ3n) is 2.95. The van der Waals surface area contributed by atoms with Gasteiger partial charge in [0.25, 0.3) is 0 Å². The molecule has 0 aromatic carbocycles. The summed E-state index contributed by atoms with van der Waals surface area (Å²) in [6.07, 6.45) is 3.79. The topological polar surface area (TPSA) is 66.6 Å². The minimum atomic E-state index is 0.253. The van der Waals surface area contributed by atoms with E-state index in [2.05, 4.69) is 4.98 Å². The monoisotopic (exact) mass is 238 g/mol. The SMILES string of the molecule is COc1ccnc(COC2CC(N)C2)c1OC. The van der Waals surface area contributed by atoms with Crippen LogP contribution in [0, 0.1) is 0 Å². The Morgan fingerprint density at radius 1 is 1.35 bits per heavy atom. The van der Waals surface area contributed by atoms with E-state index in [0.29, 0.717) is 24.1 Å². The van der Waals surface area contributed by atoms with E-state index < -0.39 is 0 Å². The molecule has 0 aliphatic heterocycles. The number of aromatic nitrogens is 1. The van der Waals surface area contributed by atoms with E-state index in [1.165, 1.54) is 0 Å². The van der Waals surface area contributed by atoms with Gasteiger partial charge in [-0.25, -0.2) is 0 Å². The van der Waals surface area contributed by atoms with E-state index in [1.807, 2.05) is 0 Å². The molecule has 1 aromatic heterocycles. The fourth-order valence-electron chi connectivity index (χ4n) is 1.89. The number of methoxy groups -OCH3 is 2. The molecule has 1 fully saturated rings. The summed E-state index contributed by atoms with van der Waals surface area (Å²) in [6, 6.07) is 2.06. The second-order valence-electron chi connectivity index (χ2n) is 4.16. The molecule has 0 atom stereocenters. The third kappa shape index (κ3) is 2.68. The van der Waals surface area contributed by atoms with Crippen LogP contribution in [-0.4, -0.2) is 31.3 Å². The normalized spacial score (nSPS) is 23.0. The maximum Gasteiger partial charge on any atom is 0.184 e. The Balaban J connectivity index is 1.99. The van der Waals surface area contributed by atoms with Crippen molar-refractivity contribution in [2.45, 2.75) is 31.6 Å². The molecule has 5 heteroatoms. The van der Waals surface area contributed by atoms with Crippen LogP contribution in [0.1, 0.15) is 18.5 Å². The first-order valence-corrected chi connectivity index (χ1v) is 5.67. The molecule has 0 radical (unpaired) electrons. The van der Waals surface area contributed by atoms with Crippen LogP contribution in [0.15, 0.2) is 12.3 Å². The Kier molecular flexibility index (Phi) is 3.81. The van der Waals surface area contributed by atoms with Crippen molar-refractivity contribution in [1.82, 2.24) is 4.98 Å². The van der Waals surface area contributed by atoms with E-state index in [1.54, 1.807) is 26.5 Å². The molecule has 0 spiro atoms. The zero-order valence-electron chi connectivity index (χ0n) is 10.2. The molecule has 0 saturated heterocycles. The molecule has 0 unspecified atom stereocenters. The minimum Gasteiger partial charge on any atom is -0.493 e. The molecule has 1 saturated carbocycles. The summed E-state index contributed by atoms with van der Waals surface area (Å²) in [4.78, 5) is 4.25. The molecular weight excluding hydrogens is 220 g/mol. The quantitative estimate of drug-likeness (QED) is 0.832. The van der Waals surface area contributed by atoms with Crippen LogP contribution in [0.25, 0.3) is 0 Å². The summed E-state index contributed by atoms with van der Waals surface area (Å²) in [6.45, 7) is 0.428. The molecule has 94 valence electrons. The van der Waals surface area contributed by atoms with Crippen LogP contribution in [0.5, 0.6) is 11.5 Å². The van der Waals surface area contributed by atoms with E-state index >= 15 is 0 Å². The Hall–Kier alpha value is -1.33. The highest BCUT2D eigenvalue weighted by atomic mass is 16.5. The minimum absolute atomic E-state index is 0.253. The lowest BCUT2D eigenvalue weighted by atomic mass is 9.90. The van der Waals surface area contributed by atoms with Gasteiger partial charge >= 0.3 is 0 Å². The first-order chi connectivity index (χ1) is 8.24. The van der Waals surface area contributed by atoms with Gasteiger partial charge in [0.1, 0.15) is 5.69 Å². The molecule has 1 aliphatic carbocycles. The molecule has 1 aliphatic rings.